The van der Waals surface area contributed by atoms with Crippen LogP contribution in [0.2, 0.25) is 0 Å². The number of para-hydroxylation sites is 1. The van der Waals surface area contributed by atoms with Crippen LogP contribution in [0.15, 0.2) is 42.5 Å². The summed E-state index contributed by atoms with van der Waals surface area (Å²) in [5.41, 5.74) is 1.83. The molecule has 1 amide bonds. The van der Waals surface area contributed by atoms with Crippen molar-refractivity contribution in [2.24, 2.45) is 0 Å². The quantitative estimate of drug-likeness (QED) is 0.473. The molecule has 29 heavy (non-hydrogen) atoms. The number of fused-ring (bicyclic) bond motifs is 1. The SMILES string of the molecule is CN(C)c1ccc(C(=O)N2CCC(c3nc4ccccc4s3)CC2)cc1[N+](=O)[O-]. The number of thiazole rings is 1. The van der Waals surface area contributed by atoms with Crippen molar-refractivity contribution in [1.29, 1.82) is 0 Å². The van der Waals surface area contributed by atoms with E-state index in [0.29, 0.717) is 30.3 Å². The normalized spacial score (nSPS) is 14.9. The highest BCUT2D eigenvalue weighted by Crippen LogP contribution is 2.34. The van der Waals surface area contributed by atoms with Gasteiger partial charge in [-0.25, -0.2) is 4.98 Å². The molecule has 2 heterocycles. The topological polar surface area (TPSA) is 79.6 Å². The largest absolute Gasteiger partial charge is 0.372 e. The van der Waals surface area contributed by atoms with Gasteiger partial charge >= 0.3 is 0 Å². The zero-order valence-corrected chi connectivity index (χ0v) is 17.2. The summed E-state index contributed by atoms with van der Waals surface area (Å²) in [5.74, 6) is 0.197. The van der Waals surface area contributed by atoms with Crippen LogP contribution >= 0.6 is 11.3 Å². The Morgan fingerprint density at radius 3 is 2.59 bits per heavy atom. The third-order valence-corrected chi connectivity index (χ3v) is 6.54. The predicted molar refractivity (Wildman–Crippen MR) is 115 cm³/mol. The number of rotatable bonds is 4. The Kier molecular flexibility index (Phi) is 5.19. The number of aromatic nitrogens is 1. The Hall–Kier alpha value is -3.00. The fourth-order valence-electron chi connectivity index (χ4n) is 3.76. The van der Waals surface area contributed by atoms with Crippen LogP contribution in [0.5, 0.6) is 0 Å². The van der Waals surface area contributed by atoms with Gasteiger partial charge in [0.25, 0.3) is 11.6 Å². The highest BCUT2D eigenvalue weighted by molar-refractivity contribution is 7.18. The molecule has 0 aliphatic carbocycles. The number of anilines is 1. The summed E-state index contributed by atoms with van der Waals surface area (Å²) in [6.45, 7) is 1.26. The molecule has 1 fully saturated rings. The number of benzene rings is 2. The minimum atomic E-state index is -0.439. The van der Waals surface area contributed by atoms with E-state index >= 15 is 0 Å². The number of nitrogens with zero attached hydrogens (tertiary/aromatic N) is 4. The summed E-state index contributed by atoms with van der Waals surface area (Å²) in [6.07, 6.45) is 1.70. The van der Waals surface area contributed by atoms with E-state index in [1.165, 1.54) is 10.8 Å². The van der Waals surface area contributed by atoms with Crippen LogP contribution in [0.4, 0.5) is 11.4 Å². The molecule has 0 bridgehead atoms. The van der Waals surface area contributed by atoms with Crippen molar-refractivity contribution >= 4 is 38.8 Å². The maximum atomic E-state index is 12.9. The van der Waals surface area contributed by atoms with Gasteiger partial charge in [0.2, 0.25) is 0 Å². The number of piperidine rings is 1. The van der Waals surface area contributed by atoms with Crippen LogP contribution in [0.25, 0.3) is 10.2 Å². The highest BCUT2D eigenvalue weighted by Gasteiger charge is 2.28. The first-order valence-electron chi connectivity index (χ1n) is 9.54. The van der Waals surface area contributed by atoms with Crippen molar-refractivity contribution in [2.45, 2.75) is 18.8 Å². The molecule has 4 rings (SSSR count). The summed E-state index contributed by atoms with van der Waals surface area (Å²) >= 11 is 1.73. The second-order valence-corrected chi connectivity index (χ2v) is 8.50. The molecule has 7 nitrogen and oxygen atoms in total. The monoisotopic (exact) mass is 410 g/mol. The summed E-state index contributed by atoms with van der Waals surface area (Å²) in [4.78, 5) is 32.1. The summed E-state index contributed by atoms with van der Waals surface area (Å²) in [6, 6.07) is 12.8. The Morgan fingerprint density at radius 2 is 1.93 bits per heavy atom. The second-order valence-electron chi connectivity index (χ2n) is 7.44. The molecule has 0 atom stereocenters. The highest BCUT2D eigenvalue weighted by atomic mass is 32.1. The first-order chi connectivity index (χ1) is 13.9. The molecule has 8 heteroatoms. The summed E-state index contributed by atoms with van der Waals surface area (Å²) in [5, 5.41) is 12.5. The average Bonchev–Trinajstić information content (AvgIpc) is 3.17. The fraction of sp³-hybridized carbons (Fsp3) is 0.333. The number of nitro benzene ring substituents is 1. The minimum absolute atomic E-state index is 0.0507. The molecule has 0 radical (unpaired) electrons. The van der Waals surface area contributed by atoms with E-state index in [-0.39, 0.29) is 11.6 Å². The smallest absolute Gasteiger partial charge is 0.293 e. The van der Waals surface area contributed by atoms with Gasteiger partial charge in [-0.15, -0.1) is 11.3 Å². The Morgan fingerprint density at radius 1 is 1.21 bits per heavy atom. The molecule has 0 spiro atoms. The van der Waals surface area contributed by atoms with E-state index in [1.807, 2.05) is 18.2 Å². The van der Waals surface area contributed by atoms with Crippen molar-refractivity contribution in [2.75, 3.05) is 32.1 Å². The lowest BCUT2D eigenvalue weighted by molar-refractivity contribution is -0.384. The zero-order chi connectivity index (χ0) is 20.5. The van der Waals surface area contributed by atoms with E-state index in [1.54, 1.807) is 47.4 Å². The number of hydrogen-bond donors (Lipinski definition) is 0. The number of amides is 1. The molecule has 2 aromatic carbocycles. The maximum absolute atomic E-state index is 12.9. The van der Waals surface area contributed by atoms with Crippen molar-refractivity contribution in [1.82, 2.24) is 9.88 Å². The van der Waals surface area contributed by atoms with Gasteiger partial charge in [0.05, 0.1) is 20.1 Å². The average molecular weight is 410 g/mol. The standard InChI is InChI=1S/C21H22N4O3S/c1-23(2)17-8-7-15(13-18(17)25(27)28)21(26)24-11-9-14(10-12-24)20-22-16-5-3-4-6-19(16)29-20/h3-8,13-14H,9-12H2,1-2H3. The molecule has 0 N–H and O–H groups in total. The van der Waals surface area contributed by atoms with Gasteiger partial charge in [0.1, 0.15) is 5.69 Å². The lowest BCUT2D eigenvalue weighted by atomic mass is 9.97. The second kappa shape index (κ2) is 7.79. The van der Waals surface area contributed by atoms with Gasteiger partial charge in [-0.1, -0.05) is 12.1 Å². The number of likely N-dealkylation sites (tertiary alicyclic amines) is 1. The fourth-order valence-corrected chi connectivity index (χ4v) is 4.89. The Balaban J connectivity index is 1.47. The van der Waals surface area contributed by atoms with E-state index in [9.17, 15) is 14.9 Å². The maximum Gasteiger partial charge on any atom is 0.293 e. The summed E-state index contributed by atoms with van der Waals surface area (Å²) < 4.78 is 1.19. The van der Waals surface area contributed by atoms with Gasteiger partial charge in [-0.2, -0.15) is 0 Å². The van der Waals surface area contributed by atoms with Crippen LogP contribution in [-0.2, 0) is 0 Å². The molecule has 0 unspecified atom stereocenters. The molecule has 150 valence electrons. The minimum Gasteiger partial charge on any atom is -0.372 e. The van der Waals surface area contributed by atoms with Crippen molar-refractivity contribution in [3.8, 4) is 0 Å². The van der Waals surface area contributed by atoms with Gasteiger partial charge in [-0.3, -0.25) is 14.9 Å². The van der Waals surface area contributed by atoms with Crippen molar-refractivity contribution in [3.05, 3.63) is 63.1 Å². The first-order valence-corrected chi connectivity index (χ1v) is 10.4. The van der Waals surface area contributed by atoms with E-state index in [2.05, 4.69) is 6.07 Å². The molecule has 1 saturated heterocycles. The molecule has 1 aliphatic rings. The van der Waals surface area contributed by atoms with Crippen LogP contribution in [0.1, 0.15) is 34.1 Å². The molecule has 0 saturated carbocycles. The van der Waals surface area contributed by atoms with Crippen LogP contribution < -0.4 is 4.90 Å². The number of nitro groups is 1. The Labute approximate surface area is 172 Å². The van der Waals surface area contributed by atoms with Gasteiger partial charge < -0.3 is 9.80 Å². The van der Waals surface area contributed by atoms with Crippen molar-refractivity contribution in [3.63, 3.8) is 0 Å². The number of hydrogen-bond acceptors (Lipinski definition) is 6. The lowest BCUT2D eigenvalue weighted by Gasteiger charge is -2.31. The first kappa shape index (κ1) is 19.3. The van der Waals surface area contributed by atoms with Crippen LogP contribution in [0, 0.1) is 10.1 Å². The lowest BCUT2D eigenvalue weighted by Crippen LogP contribution is -2.38. The van der Waals surface area contributed by atoms with Gasteiger partial charge in [0.15, 0.2) is 0 Å². The van der Waals surface area contributed by atoms with Gasteiger partial charge in [0, 0.05) is 44.7 Å². The number of carbonyl (C=O) groups excluding carboxylic acids is 1. The summed E-state index contributed by atoms with van der Waals surface area (Å²) in [7, 11) is 3.49. The molecular formula is C21H22N4O3S. The Bertz CT molecular complexity index is 1040. The van der Waals surface area contributed by atoms with Gasteiger partial charge in [-0.05, 0) is 37.1 Å². The number of carbonyl (C=O) groups is 1. The molecular weight excluding hydrogens is 388 g/mol. The molecule has 3 aromatic rings. The van der Waals surface area contributed by atoms with E-state index < -0.39 is 4.92 Å². The van der Waals surface area contributed by atoms with Crippen LogP contribution in [0.3, 0.4) is 0 Å². The van der Waals surface area contributed by atoms with E-state index in [0.717, 1.165) is 23.4 Å². The third kappa shape index (κ3) is 3.80. The van der Waals surface area contributed by atoms with Crippen LogP contribution in [-0.4, -0.2) is 47.9 Å². The third-order valence-electron chi connectivity index (χ3n) is 5.34. The van der Waals surface area contributed by atoms with Crippen molar-refractivity contribution < 1.29 is 9.72 Å². The van der Waals surface area contributed by atoms with E-state index in [4.69, 9.17) is 4.98 Å². The zero-order valence-electron chi connectivity index (χ0n) is 16.4. The predicted octanol–water partition coefficient (Wildman–Crippen LogP) is 4.29. The molecule has 1 aromatic heterocycles. The molecule has 1 aliphatic heterocycles.